The second kappa shape index (κ2) is 18.4. The van der Waals surface area contributed by atoms with Gasteiger partial charge in [0.05, 0.1) is 26.2 Å². The van der Waals surface area contributed by atoms with Crippen molar-refractivity contribution >= 4 is 23.4 Å². The second-order valence-corrected chi connectivity index (χ2v) is 10.4. The summed E-state index contributed by atoms with van der Waals surface area (Å²) >= 11 is 0. The zero-order chi connectivity index (χ0) is 27.8. The van der Waals surface area contributed by atoms with Gasteiger partial charge in [0, 0.05) is 32.0 Å². The molecule has 37 heavy (non-hydrogen) atoms. The highest BCUT2D eigenvalue weighted by Gasteiger charge is 2.24. The molecule has 0 aliphatic heterocycles. The van der Waals surface area contributed by atoms with E-state index in [0.29, 0.717) is 25.7 Å². The van der Waals surface area contributed by atoms with Gasteiger partial charge >= 0.3 is 5.97 Å². The van der Waals surface area contributed by atoms with E-state index in [9.17, 15) is 19.2 Å². The summed E-state index contributed by atoms with van der Waals surface area (Å²) in [4.78, 5) is 57.7. The van der Waals surface area contributed by atoms with Gasteiger partial charge in [0.2, 0.25) is 5.91 Å². The maximum atomic E-state index is 12.7. The Kier molecular flexibility index (Phi) is 16.5. The SMILES string of the molecule is CCN(C)CC(=O)CC(CC(=O)CN(C)CC)OC(=O)CN(C)CCN(CC)CC(=O)NC1CCCC1. The maximum absolute atomic E-state index is 12.7. The van der Waals surface area contributed by atoms with Crippen molar-refractivity contribution in [3.8, 4) is 0 Å². The van der Waals surface area contributed by atoms with Gasteiger partial charge in [-0.15, -0.1) is 0 Å². The molecule has 1 saturated carbocycles. The van der Waals surface area contributed by atoms with Crippen molar-refractivity contribution in [3.05, 3.63) is 0 Å². The van der Waals surface area contributed by atoms with Crippen LogP contribution in [0.4, 0.5) is 0 Å². The number of ether oxygens (including phenoxy) is 1. The molecular formula is C27H51N5O5. The number of nitrogens with zero attached hydrogens (tertiary/aromatic N) is 4. The molecule has 214 valence electrons. The smallest absolute Gasteiger partial charge is 0.320 e. The number of hydrogen-bond acceptors (Lipinski definition) is 9. The van der Waals surface area contributed by atoms with Crippen molar-refractivity contribution in [1.29, 1.82) is 0 Å². The molecule has 0 saturated heterocycles. The number of hydrogen-bond donors (Lipinski definition) is 1. The van der Waals surface area contributed by atoms with Crippen LogP contribution in [0.5, 0.6) is 0 Å². The molecular weight excluding hydrogens is 474 g/mol. The van der Waals surface area contributed by atoms with E-state index in [1.54, 1.807) is 0 Å². The first-order valence-corrected chi connectivity index (χ1v) is 13.9. The quantitative estimate of drug-likeness (QED) is 0.234. The lowest BCUT2D eigenvalue weighted by Crippen LogP contribution is -2.44. The number of Topliss-reactive ketones (excluding diaryl/α,β-unsaturated/α-hetero) is 2. The number of carbonyl (C=O) groups is 4. The Hall–Kier alpha value is -1.88. The predicted octanol–water partition coefficient (Wildman–Crippen LogP) is 1.03. The first-order chi connectivity index (χ1) is 17.6. The molecule has 1 aliphatic carbocycles. The molecule has 1 aliphatic rings. The van der Waals surface area contributed by atoms with E-state index in [0.717, 1.165) is 32.5 Å². The molecule has 10 nitrogen and oxygen atoms in total. The summed E-state index contributed by atoms with van der Waals surface area (Å²) in [7, 11) is 5.53. The highest BCUT2D eigenvalue weighted by Crippen LogP contribution is 2.17. The molecule has 0 aromatic heterocycles. The number of esters is 1. The summed E-state index contributed by atoms with van der Waals surface area (Å²) in [6, 6.07) is 0.306. The van der Waals surface area contributed by atoms with Crippen LogP contribution in [0.2, 0.25) is 0 Å². The lowest BCUT2D eigenvalue weighted by atomic mass is 10.1. The third-order valence-electron chi connectivity index (χ3n) is 6.91. The summed E-state index contributed by atoms with van der Waals surface area (Å²) < 4.78 is 5.63. The molecule has 0 unspecified atom stereocenters. The standard InChI is InChI=1S/C27H51N5O5/c1-7-29(4)18-23(33)16-25(17-24(34)19-30(5)8-2)37-27(36)21-31(6)14-15-32(9-3)20-26(35)28-22-12-10-11-13-22/h22,25H,7-21H2,1-6H3,(H,28,35). The van der Waals surface area contributed by atoms with Crippen LogP contribution in [0, 0.1) is 0 Å². The summed E-state index contributed by atoms with van der Waals surface area (Å²) in [6.45, 7) is 10.3. The van der Waals surface area contributed by atoms with E-state index in [1.165, 1.54) is 12.8 Å². The maximum Gasteiger partial charge on any atom is 0.320 e. The number of carbonyl (C=O) groups excluding carboxylic acids is 4. The van der Waals surface area contributed by atoms with E-state index in [1.807, 2.05) is 56.6 Å². The van der Waals surface area contributed by atoms with Crippen LogP contribution < -0.4 is 5.32 Å². The third kappa shape index (κ3) is 15.2. The Labute approximate surface area is 224 Å². The van der Waals surface area contributed by atoms with Gasteiger partial charge in [-0.25, -0.2) is 0 Å². The van der Waals surface area contributed by atoms with Crippen LogP contribution >= 0.6 is 0 Å². The molecule has 0 bridgehead atoms. The zero-order valence-corrected chi connectivity index (χ0v) is 24.1. The van der Waals surface area contributed by atoms with Gasteiger partial charge in [0.15, 0.2) is 11.6 Å². The van der Waals surface area contributed by atoms with E-state index < -0.39 is 12.1 Å². The minimum atomic E-state index is -0.761. The minimum absolute atomic E-state index is 0.0289. The third-order valence-corrected chi connectivity index (χ3v) is 6.91. The van der Waals surface area contributed by atoms with E-state index in [2.05, 4.69) is 10.2 Å². The molecule has 1 rings (SSSR count). The average molecular weight is 526 g/mol. The second-order valence-electron chi connectivity index (χ2n) is 10.4. The predicted molar refractivity (Wildman–Crippen MR) is 145 cm³/mol. The Bertz CT molecular complexity index is 687. The number of amides is 1. The van der Waals surface area contributed by atoms with Gasteiger partial charge in [0.25, 0.3) is 0 Å². The van der Waals surface area contributed by atoms with Gasteiger partial charge in [0.1, 0.15) is 6.10 Å². The molecule has 10 heteroatoms. The lowest BCUT2D eigenvalue weighted by Gasteiger charge is -2.25. The first-order valence-electron chi connectivity index (χ1n) is 13.9. The lowest BCUT2D eigenvalue weighted by molar-refractivity contribution is -0.152. The number of likely N-dealkylation sites (N-methyl/N-ethyl adjacent to an activating group) is 4. The van der Waals surface area contributed by atoms with Gasteiger partial charge in [-0.05, 0) is 53.6 Å². The van der Waals surface area contributed by atoms with E-state index in [4.69, 9.17) is 4.74 Å². The molecule has 0 atom stereocenters. The van der Waals surface area contributed by atoms with Crippen LogP contribution in [-0.4, -0.2) is 135 Å². The van der Waals surface area contributed by atoms with Crippen LogP contribution in [-0.2, 0) is 23.9 Å². The largest absolute Gasteiger partial charge is 0.460 e. The molecule has 0 heterocycles. The molecule has 0 aromatic carbocycles. The molecule has 1 N–H and O–H groups in total. The van der Waals surface area contributed by atoms with Crippen molar-refractivity contribution in [2.24, 2.45) is 0 Å². The number of rotatable bonds is 20. The van der Waals surface area contributed by atoms with Crippen LogP contribution in [0.3, 0.4) is 0 Å². The zero-order valence-electron chi connectivity index (χ0n) is 24.1. The first kappa shape index (κ1) is 33.1. The van der Waals surface area contributed by atoms with Crippen LogP contribution in [0.25, 0.3) is 0 Å². The monoisotopic (exact) mass is 525 g/mol. The molecule has 0 radical (unpaired) electrons. The Morgan fingerprint density at radius 3 is 1.78 bits per heavy atom. The Morgan fingerprint density at radius 2 is 1.30 bits per heavy atom. The van der Waals surface area contributed by atoms with Gasteiger partial charge in [-0.3, -0.25) is 38.8 Å². The fourth-order valence-corrected chi connectivity index (χ4v) is 4.35. The van der Waals surface area contributed by atoms with Crippen LogP contribution in [0.15, 0.2) is 0 Å². The van der Waals surface area contributed by atoms with Crippen LogP contribution in [0.1, 0.15) is 59.3 Å². The summed E-state index contributed by atoms with van der Waals surface area (Å²) in [5.41, 5.74) is 0. The van der Waals surface area contributed by atoms with Gasteiger partial charge < -0.3 is 10.1 Å². The minimum Gasteiger partial charge on any atom is -0.460 e. The normalized spacial score (nSPS) is 14.4. The summed E-state index contributed by atoms with van der Waals surface area (Å²) in [5.74, 6) is -0.513. The van der Waals surface area contributed by atoms with Crippen molar-refractivity contribution in [1.82, 2.24) is 24.9 Å². The van der Waals surface area contributed by atoms with Crippen molar-refractivity contribution in [3.63, 3.8) is 0 Å². The van der Waals surface area contributed by atoms with E-state index >= 15 is 0 Å². The summed E-state index contributed by atoms with van der Waals surface area (Å²) in [6.07, 6.45) is 3.78. The van der Waals surface area contributed by atoms with Gasteiger partial charge in [-0.1, -0.05) is 33.6 Å². The molecule has 1 amide bonds. The highest BCUT2D eigenvalue weighted by molar-refractivity contribution is 5.85. The number of ketones is 2. The Morgan fingerprint density at radius 1 is 0.757 bits per heavy atom. The summed E-state index contributed by atoms with van der Waals surface area (Å²) in [5, 5.41) is 3.12. The average Bonchev–Trinajstić information content (AvgIpc) is 3.33. The Balaban J connectivity index is 2.55. The molecule has 1 fully saturated rings. The highest BCUT2D eigenvalue weighted by atomic mass is 16.5. The van der Waals surface area contributed by atoms with Crippen molar-refractivity contribution < 1.29 is 23.9 Å². The van der Waals surface area contributed by atoms with Gasteiger partial charge in [-0.2, -0.15) is 0 Å². The molecule has 0 spiro atoms. The molecule has 0 aromatic rings. The van der Waals surface area contributed by atoms with Crippen molar-refractivity contribution in [2.45, 2.75) is 71.4 Å². The fourth-order valence-electron chi connectivity index (χ4n) is 4.35. The topological polar surface area (TPSA) is 102 Å². The van der Waals surface area contributed by atoms with E-state index in [-0.39, 0.29) is 49.9 Å². The number of nitrogens with one attached hydrogen (secondary N) is 1. The van der Waals surface area contributed by atoms with Crippen molar-refractivity contribution in [2.75, 3.05) is 80.0 Å². The fraction of sp³-hybridized carbons (Fsp3) is 0.852.